The highest BCUT2D eigenvalue weighted by Gasteiger charge is 2.60. The SMILES string of the molecule is O=C1[C@@H]2[C@H]3CC[C@@H](C3)[C@@H]2C(=O)N1CNc1ccccc1. The van der Waals surface area contributed by atoms with Crippen molar-refractivity contribution in [1.29, 1.82) is 0 Å². The minimum absolute atomic E-state index is 0.0150. The highest BCUT2D eigenvalue weighted by atomic mass is 16.2. The quantitative estimate of drug-likeness (QED) is 0.856. The number of imide groups is 1. The Morgan fingerprint density at radius 2 is 1.60 bits per heavy atom. The average Bonchev–Trinajstić information content (AvgIpc) is 3.13. The first-order valence-electron chi connectivity index (χ1n) is 7.40. The van der Waals surface area contributed by atoms with Crippen molar-refractivity contribution in [3.8, 4) is 0 Å². The molecule has 3 fully saturated rings. The van der Waals surface area contributed by atoms with Crippen molar-refractivity contribution >= 4 is 17.5 Å². The van der Waals surface area contributed by atoms with E-state index >= 15 is 0 Å². The smallest absolute Gasteiger partial charge is 0.234 e. The number of rotatable bonds is 3. The number of likely N-dealkylation sites (tertiary alicyclic amines) is 1. The molecule has 4 nitrogen and oxygen atoms in total. The lowest BCUT2D eigenvalue weighted by molar-refractivity contribution is -0.140. The predicted molar refractivity (Wildman–Crippen MR) is 74.6 cm³/mol. The number of amides is 2. The zero-order valence-corrected chi connectivity index (χ0v) is 11.3. The van der Waals surface area contributed by atoms with Gasteiger partial charge in [-0.2, -0.15) is 0 Å². The maximum absolute atomic E-state index is 12.5. The van der Waals surface area contributed by atoms with Gasteiger partial charge in [-0.05, 0) is 43.2 Å². The molecule has 4 rings (SSSR count). The molecule has 0 spiro atoms. The Labute approximate surface area is 118 Å². The van der Waals surface area contributed by atoms with Crippen LogP contribution in [-0.2, 0) is 9.59 Å². The van der Waals surface area contributed by atoms with Crippen LogP contribution in [-0.4, -0.2) is 23.4 Å². The zero-order valence-electron chi connectivity index (χ0n) is 11.3. The van der Waals surface area contributed by atoms with Crippen molar-refractivity contribution in [2.24, 2.45) is 23.7 Å². The van der Waals surface area contributed by atoms with Gasteiger partial charge >= 0.3 is 0 Å². The molecule has 1 N–H and O–H groups in total. The first-order chi connectivity index (χ1) is 9.75. The van der Waals surface area contributed by atoms with Crippen LogP contribution >= 0.6 is 0 Å². The highest BCUT2D eigenvalue weighted by Crippen LogP contribution is 2.55. The summed E-state index contributed by atoms with van der Waals surface area (Å²) >= 11 is 0. The van der Waals surface area contributed by atoms with Crippen LogP contribution in [0.1, 0.15) is 19.3 Å². The number of benzene rings is 1. The van der Waals surface area contributed by atoms with Crippen LogP contribution < -0.4 is 5.32 Å². The molecular formula is C16H18N2O2. The molecule has 2 saturated carbocycles. The van der Waals surface area contributed by atoms with E-state index in [0.717, 1.165) is 24.9 Å². The van der Waals surface area contributed by atoms with Gasteiger partial charge in [-0.1, -0.05) is 18.2 Å². The van der Waals surface area contributed by atoms with Crippen LogP contribution in [0.2, 0.25) is 0 Å². The number of nitrogens with zero attached hydrogens (tertiary/aromatic N) is 1. The van der Waals surface area contributed by atoms with Crippen LogP contribution in [0, 0.1) is 23.7 Å². The number of hydrogen-bond donors (Lipinski definition) is 1. The fourth-order valence-electron chi connectivity index (χ4n) is 4.35. The number of para-hydroxylation sites is 1. The van der Waals surface area contributed by atoms with E-state index in [1.807, 2.05) is 30.3 Å². The summed E-state index contributed by atoms with van der Waals surface area (Å²) in [4.78, 5) is 26.4. The Kier molecular flexibility index (Phi) is 2.59. The summed E-state index contributed by atoms with van der Waals surface area (Å²) in [6, 6.07) is 9.69. The number of nitrogens with one attached hydrogen (secondary N) is 1. The van der Waals surface area contributed by atoms with E-state index in [1.165, 1.54) is 4.90 Å². The van der Waals surface area contributed by atoms with Crippen molar-refractivity contribution in [1.82, 2.24) is 4.90 Å². The van der Waals surface area contributed by atoms with Crippen LogP contribution in [0.15, 0.2) is 30.3 Å². The van der Waals surface area contributed by atoms with Crippen LogP contribution in [0.4, 0.5) is 5.69 Å². The topological polar surface area (TPSA) is 49.4 Å². The van der Waals surface area contributed by atoms with Crippen molar-refractivity contribution in [2.45, 2.75) is 19.3 Å². The molecule has 2 aliphatic carbocycles. The monoisotopic (exact) mass is 270 g/mol. The molecule has 4 atom stereocenters. The fourth-order valence-corrected chi connectivity index (χ4v) is 4.35. The Morgan fingerprint density at radius 1 is 1.00 bits per heavy atom. The van der Waals surface area contributed by atoms with E-state index in [4.69, 9.17) is 0 Å². The fraction of sp³-hybridized carbons (Fsp3) is 0.500. The summed E-state index contributed by atoms with van der Waals surface area (Å²) in [7, 11) is 0. The van der Waals surface area contributed by atoms with Gasteiger partial charge in [0.1, 0.15) is 0 Å². The third-order valence-corrected chi connectivity index (χ3v) is 5.23. The molecule has 20 heavy (non-hydrogen) atoms. The molecule has 0 radical (unpaired) electrons. The van der Waals surface area contributed by atoms with E-state index in [1.54, 1.807) is 0 Å². The highest BCUT2D eigenvalue weighted by molar-refractivity contribution is 6.06. The third kappa shape index (κ3) is 1.60. The number of carbonyl (C=O) groups excluding carboxylic acids is 2. The second-order valence-corrected chi connectivity index (χ2v) is 6.19. The Bertz CT molecular complexity index is 529. The van der Waals surface area contributed by atoms with E-state index < -0.39 is 0 Å². The second-order valence-electron chi connectivity index (χ2n) is 6.19. The molecule has 2 bridgehead atoms. The van der Waals surface area contributed by atoms with Crippen LogP contribution in [0.5, 0.6) is 0 Å². The first kappa shape index (κ1) is 11.9. The Balaban J connectivity index is 1.50. The lowest BCUT2D eigenvalue weighted by Gasteiger charge is -2.19. The van der Waals surface area contributed by atoms with Crippen LogP contribution in [0.3, 0.4) is 0 Å². The largest absolute Gasteiger partial charge is 0.367 e. The van der Waals surface area contributed by atoms with E-state index in [9.17, 15) is 9.59 Å². The molecule has 1 saturated heterocycles. The average molecular weight is 270 g/mol. The summed E-state index contributed by atoms with van der Waals surface area (Å²) in [6.45, 7) is 0.300. The van der Waals surface area contributed by atoms with Crippen molar-refractivity contribution in [3.63, 3.8) is 0 Å². The van der Waals surface area contributed by atoms with E-state index in [0.29, 0.717) is 18.5 Å². The van der Waals surface area contributed by atoms with E-state index in [-0.39, 0.29) is 23.7 Å². The van der Waals surface area contributed by atoms with Gasteiger partial charge in [0.15, 0.2) is 0 Å². The number of fused-ring (bicyclic) bond motifs is 5. The van der Waals surface area contributed by atoms with Gasteiger partial charge < -0.3 is 5.32 Å². The maximum Gasteiger partial charge on any atom is 0.234 e. The van der Waals surface area contributed by atoms with Crippen LogP contribution in [0.25, 0.3) is 0 Å². The van der Waals surface area contributed by atoms with Gasteiger partial charge in [-0.15, -0.1) is 0 Å². The lowest BCUT2D eigenvalue weighted by atomic mass is 9.81. The van der Waals surface area contributed by atoms with Crippen molar-refractivity contribution < 1.29 is 9.59 Å². The molecule has 0 unspecified atom stereocenters. The number of anilines is 1. The summed E-state index contributed by atoms with van der Waals surface area (Å²) in [5, 5.41) is 3.17. The Morgan fingerprint density at radius 3 is 2.20 bits per heavy atom. The molecule has 104 valence electrons. The molecule has 1 aromatic rings. The minimum Gasteiger partial charge on any atom is -0.367 e. The molecule has 4 heteroatoms. The molecule has 2 amide bonds. The van der Waals surface area contributed by atoms with Crippen molar-refractivity contribution in [2.75, 3.05) is 12.0 Å². The number of carbonyl (C=O) groups is 2. The molecule has 3 aliphatic rings. The second kappa shape index (κ2) is 4.33. The normalized spacial score (nSPS) is 34.7. The van der Waals surface area contributed by atoms with Gasteiger partial charge in [0, 0.05) is 5.69 Å². The molecule has 0 aromatic heterocycles. The van der Waals surface area contributed by atoms with Gasteiger partial charge in [-0.3, -0.25) is 14.5 Å². The summed E-state index contributed by atoms with van der Waals surface area (Å²) < 4.78 is 0. The Hall–Kier alpha value is -1.84. The standard InChI is InChI=1S/C16H18N2O2/c19-15-13-10-6-7-11(8-10)14(13)16(20)18(15)9-17-12-4-2-1-3-5-12/h1-5,10-11,13-14,17H,6-9H2/t10-,11-,13-,14+/m0/s1. The molecule has 1 heterocycles. The van der Waals surface area contributed by atoms with Gasteiger partial charge in [-0.25, -0.2) is 0 Å². The maximum atomic E-state index is 12.5. The number of hydrogen-bond acceptors (Lipinski definition) is 3. The summed E-state index contributed by atoms with van der Waals surface area (Å²) in [5.74, 6) is 0.996. The first-order valence-corrected chi connectivity index (χ1v) is 7.40. The molecule has 1 aliphatic heterocycles. The summed E-state index contributed by atoms with van der Waals surface area (Å²) in [6.07, 6.45) is 3.35. The molecular weight excluding hydrogens is 252 g/mol. The lowest BCUT2D eigenvalue weighted by Crippen LogP contribution is -2.36. The zero-order chi connectivity index (χ0) is 13.7. The molecule has 1 aromatic carbocycles. The predicted octanol–water partition coefficient (Wildman–Crippen LogP) is 2.09. The van der Waals surface area contributed by atoms with Gasteiger partial charge in [0.2, 0.25) is 11.8 Å². The van der Waals surface area contributed by atoms with Gasteiger partial charge in [0.05, 0.1) is 18.5 Å². The van der Waals surface area contributed by atoms with Gasteiger partial charge in [0.25, 0.3) is 0 Å². The summed E-state index contributed by atoms with van der Waals surface area (Å²) in [5.41, 5.74) is 0.938. The third-order valence-electron chi connectivity index (χ3n) is 5.23. The van der Waals surface area contributed by atoms with Crippen molar-refractivity contribution in [3.05, 3.63) is 30.3 Å². The van der Waals surface area contributed by atoms with E-state index in [2.05, 4.69) is 5.32 Å². The minimum atomic E-state index is -0.0150.